The van der Waals surface area contributed by atoms with Gasteiger partial charge in [0, 0.05) is 0 Å². The molecule has 3 atom stereocenters. The van der Waals surface area contributed by atoms with Gasteiger partial charge in [0.05, 0.1) is 6.10 Å². The minimum absolute atomic E-state index is 0.0362. The lowest BCUT2D eigenvalue weighted by molar-refractivity contribution is -0.185. The Hall–Kier alpha value is -0.353. The molecule has 0 bridgehead atoms. The SMILES string of the molecule is CC(C)(C)[Si](C)(C)O[C@@H]1CC[C@H]2OC(=O)[C@H]21. The summed E-state index contributed by atoms with van der Waals surface area (Å²) >= 11 is 0. The van der Waals surface area contributed by atoms with Crippen LogP contribution in [-0.4, -0.2) is 26.5 Å². The van der Waals surface area contributed by atoms with Gasteiger partial charge in [0.2, 0.25) is 0 Å². The van der Waals surface area contributed by atoms with Crippen LogP contribution in [0.1, 0.15) is 33.6 Å². The van der Waals surface area contributed by atoms with Crippen LogP contribution < -0.4 is 0 Å². The van der Waals surface area contributed by atoms with E-state index in [0.29, 0.717) is 0 Å². The Morgan fingerprint density at radius 2 is 1.94 bits per heavy atom. The monoisotopic (exact) mass is 242 g/mol. The number of esters is 1. The van der Waals surface area contributed by atoms with Crippen LogP contribution in [0.15, 0.2) is 0 Å². The predicted octanol–water partition coefficient (Wildman–Crippen LogP) is 2.71. The first-order valence-electron chi connectivity index (χ1n) is 6.11. The molecule has 1 aliphatic heterocycles. The summed E-state index contributed by atoms with van der Waals surface area (Å²) in [6, 6.07) is 0. The van der Waals surface area contributed by atoms with Crippen LogP contribution in [0, 0.1) is 5.92 Å². The van der Waals surface area contributed by atoms with Gasteiger partial charge in [-0.25, -0.2) is 0 Å². The summed E-state index contributed by atoms with van der Waals surface area (Å²) in [5, 5.41) is 0.207. The third-order valence-corrected chi connectivity index (χ3v) is 8.83. The van der Waals surface area contributed by atoms with Crippen LogP contribution in [0.4, 0.5) is 0 Å². The van der Waals surface area contributed by atoms with Gasteiger partial charge in [0.1, 0.15) is 12.0 Å². The van der Waals surface area contributed by atoms with Crippen LogP contribution in [0.25, 0.3) is 0 Å². The van der Waals surface area contributed by atoms with Crippen LogP contribution in [0.5, 0.6) is 0 Å². The van der Waals surface area contributed by atoms with Crippen molar-refractivity contribution in [3.8, 4) is 0 Å². The zero-order chi connectivity index (χ0) is 12.1. The van der Waals surface area contributed by atoms with E-state index in [-0.39, 0.29) is 29.1 Å². The topological polar surface area (TPSA) is 35.5 Å². The molecule has 0 unspecified atom stereocenters. The van der Waals surface area contributed by atoms with Gasteiger partial charge in [-0.3, -0.25) is 4.79 Å². The van der Waals surface area contributed by atoms with Crippen LogP contribution in [0.2, 0.25) is 18.1 Å². The Balaban J connectivity index is 2.03. The maximum atomic E-state index is 11.4. The highest BCUT2D eigenvalue weighted by atomic mass is 28.4. The average molecular weight is 242 g/mol. The molecule has 0 aromatic carbocycles. The van der Waals surface area contributed by atoms with Crippen molar-refractivity contribution in [2.75, 3.05) is 0 Å². The standard InChI is InChI=1S/C12H22O3Si/c1-12(2,3)16(4,5)15-9-7-6-8-10(9)11(13)14-8/h8-10H,6-7H2,1-5H3/t8-,9-,10-/m1/s1. The number of fused-ring (bicyclic) bond motifs is 1. The van der Waals surface area contributed by atoms with Crippen molar-refractivity contribution in [1.82, 2.24) is 0 Å². The zero-order valence-electron chi connectivity index (χ0n) is 10.9. The lowest BCUT2D eigenvalue weighted by atomic mass is 9.99. The van der Waals surface area contributed by atoms with Crippen molar-refractivity contribution in [3.05, 3.63) is 0 Å². The first-order chi connectivity index (χ1) is 7.22. The van der Waals surface area contributed by atoms with Crippen molar-refractivity contribution in [2.45, 2.75) is 64.0 Å². The van der Waals surface area contributed by atoms with Gasteiger partial charge in [0.15, 0.2) is 8.32 Å². The van der Waals surface area contributed by atoms with E-state index in [9.17, 15) is 4.79 Å². The first kappa shape index (κ1) is 12.1. The summed E-state index contributed by atoms with van der Waals surface area (Å²) in [5.74, 6) is -0.0136. The number of rotatable bonds is 2. The fourth-order valence-electron chi connectivity index (χ4n) is 2.21. The van der Waals surface area contributed by atoms with E-state index in [1.807, 2.05) is 0 Å². The Bertz CT molecular complexity index is 306. The largest absolute Gasteiger partial charge is 0.461 e. The van der Waals surface area contributed by atoms with E-state index in [1.54, 1.807) is 0 Å². The number of carbonyl (C=O) groups excluding carboxylic acids is 1. The lowest BCUT2D eigenvalue weighted by Gasteiger charge is -2.41. The van der Waals surface area contributed by atoms with Crippen molar-refractivity contribution in [2.24, 2.45) is 5.92 Å². The molecule has 0 aromatic rings. The molecule has 1 saturated heterocycles. The Labute approximate surface area is 98.6 Å². The van der Waals surface area contributed by atoms with Crippen molar-refractivity contribution >= 4 is 14.3 Å². The minimum Gasteiger partial charge on any atom is -0.461 e. The van der Waals surface area contributed by atoms with E-state index < -0.39 is 8.32 Å². The molecule has 3 nitrogen and oxygen atoms in total. The van der Waals surface area contributed by atoms with E-state index >= 15 is 0 Å². The van der Waals surface area contributed by atoms with Gasteiger partial charge in [-0.2, -0.15) is 0 Å². The molecule has 1 aliphatic carbocycles. The number of hydrogen-bond acceptors (Lipinski definition) is 3. The maximum absolute atomic E-state index is 11.4. The molecule has 2 aliphatic rings. The van der Waals surface area contributed by atoms with Crippen molar-refractivity contribution in [3.63, 3.8) is 0 Å². The molecular weight excluding hydrogens is 220 g/mol. The van der Waals surface area contributed by atoms with Gasteiger partial charge in [-0.15, -0.1) is 0 Å². The normalized spacial score (nSPS) is 34.3. The van der Waals surface area contributed by atoms with E-state index in [4.69, 9.17) is 9.16 Å². The van der Waals surface area contributed by atoms with Crippen molar-refractivity contribution in [1.29, 1.82) is 0 Å². The fourth-order valence-corrected chi connectivity index (χ4v) is 3.58. The highest BCUT2D eigenvalue weighted by Crippen LogP contribution is 2.44. The van der Waals surface area contributed by atoms with Crippen LogP contribution in [-0.2, 0) is 14.0 Å². The molecule has 1 heterocycles. The third kappa shape index (κ3) is 1.82. The average Bonchev–Trinajstić information content (AvgIpc) is 2.38. The van der Waals surface area contributed by atoms with Gasteiger partial charge < -0.3 is 9.16 Å². The minimum atomic E-state index is -1.74. The number of carbonyl (C=O) groups is 1. The second-order valence-corrected chi connectivity index (χ2v) is 11.3. The highest BCUT2D eigenvalue weighted by Gasteiger charge is 2.54. The molecule has 0 amide bonds. The first-order valence-corrected chi connectivity index (χ1v) is 9.01. The van der Waals surface area contributed by atoms with E-state index in [1.165, 1.54) is 0 Å². The van der Waals surface area contributed by atoms with Gasteiger partial charge in [0.25, 0.3) is 0 Å². The smallest absolute Gasteiger partial charge is 0.315 e. The number of ether oxygens (including phenoxy) is 1. The summed E-state index contributed by atoms with van der Waals surface area (Å²) in [4.78, 5) is 11.4. The van der Waals surface area contributed by atoms with Crippen molar-refractivity contribution < 1.29 is 14.0 Å². The summed E-state index contributed by atoms with van der Waals surface area (Å²) in [6.07, 6.45) is 2.23. The molecule has 2 rings (SSSR count). The molecule has 92 valence electrons. The lowest BCUT2D eigenvalue weighted by Crippen LogP contribution is -2.51. The summed E-state index contributed by atoms with van der Waals surface area (Å²) in [6.45, 7) is 11.2. The molecule has 4 heteroatoms. The quantitative estimate of drug-likeness (QED) is 0.552. The van der Waals surface area contributed by atoms with Gasteiger partial charge >= 0.3 is 5.97 Å². The molecule has 0 N–H and O–H groups in total. The van der Waals surface area contributed by atoms with Crippen LogP contribution in [0.3, 0.4) is 0 Å². The second-order valence-electron chi connectivity index (χ2n) is 6.50. The molecular formula is C12H22O3Si. The molecule has 16 heavy (non-hydrogen) atoms. The number of hydrogen-bond donors (Lipinski definition) is 0. The second kappa shape index (κ2) is 3.57. The summed E-state index contributed by atoms with van der Waals surface area (Å²) < 4.78 is 11.4. The Morgan fingerprint density at radius 1 is 1.31 bits per heavy atom. The van der Waals surface area contributed by atoms with Gasteiger partial charge in [-0.1, -0.05) is 20.8 Å². The third-order valence-electron chi connectivity index (χ3n) is 4.33. The molecule has 0 aromatic heterocycles. The highest BCUT2D eigenvalue weighted by molar-refractivity contribution is 6.74. The molecule has 2 fully saturated rings. The molecule has 1 saturated carbocycles. The van der Waals surface area contributed by atoms with Gasteiger partial charge in [-0.05, 0) is 31.0 Å². The fraction of sp³-hybridized carbons (Fsp3) is 0.917. The predicted molar refractivity (Wildman–Crippen MR) is 64.7 cm³/mol. The van der Waals surface area contributed by atoms with Crippen LogP contribution >= 0.6 is 0 Å². The molecule has 0 radical (unpaired) electrons. The van der Waals surface area contributed by atoms with E-state index in [0.717, 1.165) is 12.8 Å². The molecule has 0 spiro atoms. The zero-order valence-corrected chi connectivity index (χ0v) is 11.9. The Kier molecular flexibility index (Phi) is 2.70. The summed E-state index contributed by atoms with van der Waals surface area (Å²) in [5.41, 5.74) is 0. The van der Waals surface area contributed by atoms with E-state index in [2.05, 4.69) is 33.9 Å². The maximum Gasteiger partial charge on any atom is 0.315 e. The summed E-state index contributed by atoms with van der Waals surface area (Å²) in [7, 11) is -1.74. The Morgan fingerprint density at radius 3 is 2.44 bits per heavy atom.